The summed E-state index contributed by atoms with van der Waals surface area (Å²) in [6, 6.07) is 0.0627. The number of aliphatic hydroxyl groups is 1. The molecule has 0 saturated heterocycles. The molecule has 5 heteroatoms. The standard InChI is InChI=1S/C10H21NO3S/c1-8-4-3-5-10(6-8)11-15(13,14)9(2)7-12/h8-12H,3-7H2,1-2H3. The Morgan fingerprint density at radius 3 is 2.67 bits per heavy atom. The molecule has 1 aliphatic rings. The maximum absolute atomic E-state index is 11.7. The molecule has 90 valence electrons. The lowest BCUT2D eigenvalue weighted by Gasteiger charge is -2.28. The summed E-state index contributed by atoms with van der Waals surface area (Å²) in [4.78, 5) is 0. The highest BCUT2D eigenvalue weighted by molar-refractivity contribution is 7.90. The van der Waals surface area contributed by atoms with Gasteiger partial charge in [-0.3, -0.25) is 0 Å². The second kappa shape index (κ2) is 5.27. The summed E-state index contributed by atoms with van der Waals surface area (Å²) in [6.07, 6.45) is 4.11. The summed E-state index contributed by atoms with van der Waals surface area (Å²) >= 11 is 0. The Kier molecular flexibility index (Phi) is 4.55. The molecule has 2 N–H and O–H groups in total. The fourth-order valence-electron chi connectivity index (χ4n) is 1.99. The lowest BCUT2D eigenvalue weighted by Crippen LogP contribution is -2.43. The predicted octanol–water partition coefficient (Wildman–Crippen LogP) is 0.865. The second-order valence-corrected chi connectivity index (χ2v) is 6.76. The van der Waals surface area contributed by atoms with E-state index in [0.29, 0.717) is 5.92 Å². The molecule has 4 nitrogen and oxygen atoms in total. The Morgan fingerprint density at radius 1 is 1.47 bits per heavy atom. The molecule has 0 heterocycles. The molecule has 0 radical (unpaired) electrons. The minimum absolute atomic E-state index is 0.0627. The van der Waals surface area contributed by atoms with Crippen molar-refractivity contribution in [3.05, 3.63) is 0 Å². The van der Waals surface area contributed by atoms with Gasteiger partial charge in [0.05, 0.1) is 11.9 Å². The van der Waals surface area contributed by atoms with Gasteiger partial charge in [0.25, 0.3) is 0 Å². The zero-order chi connectivity index (χ0) is 11.5. The van der Waals surface area contributed by atoms with Crippen molar-refractivity contribution in [2.45, 2.75) is 50.8 Å². The fourth-order valence-corrected chi connectivity index (χ4v) is 3.09. The van der Waals surface area contributed by atoms with Crippen LogP contribution in [0.4, 0.5) is 0 Å². The minimum Gasteiger partial charge on any atom is -0.395 e. The van der Waals surface area contributed by atoms with Crippen molar-refractivity contribution in [3.8, 4) is 0 Å². The molecular formula is C10H21NO3S. The van der Waals surface area contributed by atoms with E-state index in [4.69, 9.17) is 5.11 Å². The number of rotatable bonds is 4. The quantitative estimate of drug-likeness (QED) is 0.759. The van der Waals surface area contributed by atoms with Gasteiger partial charge >= 0.3 is 0 Å². The van der Waals surface area contributed by atoms with Crippen LogP contribution in [-0.2, 0) is 10.0 Å². The third-order valence-corrected chi connectivity index (χ3v) is 4.92. The Bertz CT molecular complexity index is 289. The van der Waals surface area contributed by atoms with Gasteiger partial charge < -0.3 is 5.11 Å². The highest BCUT2D eigenvalue weighted by Gasteiger charge is 2.26. The van der Waals surface area contributed by atoms with Crippen molar-refractivity contribution in [2.24, 2.45) is 5.92 Å². The minimum atomic E-state index is -3.33. The Morgan fingerprint density at radius 2 is 2.13 bits per heavy atom. The lowest BCUT2D eigenvalue weighted by atomic mass is 9.88. The molecule has 0 aromatic carbocycles. The van der Waals surface area contributed by atoms with Crippen molar-refractivity contribution in [1.29, 1.82) is 0 Å². The van der Waals surface area contributed by atoms with Gasteiger partial charge in [0.15, 0.2) is 0 Å². The van der Waals surface area contributed by atoms with Gasteiger partial charge in [0.2, 0.25) is 10.0 Å². The number of sulfonamides is 1. The Labute approximate surface area is 92.1 Å². The fraction of sp³-hybridized carbons (Fsp3) is 1.00. The van der Waals surface area contributed by atoms with Crippen LogP contribution < -0.4 is 4.72 Å². The molecule has 1 saturated carbocycles. The summed E-state index contributed by atoms with van der Waals surface area (Å²) in [6.45, 7) is 3.35. The van der Waals surface area contributed by atoms with E-state index in [1.165, 1.54) is 13.3 Å². The molecular weight excluding hydrogens is 214 g/mol. The summed E-state index contributed by atoms with van der Waals surface area (Å²) in [5.41, 5.74) is 0. The molecule has 1 fully saturated rings. The van der Waals surface area contributed by atoms with Crippen LogP contribution in [0, 0.1) is 5.92 Å². The molecule has 0 aromatic rings. The van der Waals surface area contributed by atoms with Crippen molar-refractivity contribution in [3.63, 3.8) is 0 Å². The van der Waals surface area contributed by atoms with Crippen LogP contribution >= 0.6 is 0 Å². The van der Waals surface area contributed by atoms with Gasteiger partial charge in [-0.15, -0.1) is 0 Å². The van der Waals surface area contributed by atoms with Crippen LogP contribution in [0.1, 0.15) is 39.5 Å². The van der Waals surface area contributed by atoms with E-state index in [-0.39, 0.29) is 12.6 Å². The Balaban J connectivity index is 2.53. The van der Waals surface area contributed by atoms with Crippen molar-refractivity contribution < 1.29 is 13.5 Å². The molecule has 0 amide bonds. The van der Waals surface area contributed by atoms with Gasteiger partial charge in [0, 0.05) is 6.04 Å². The lowest BCUT2D eigenvalue weighted by molar-refractivity contribution is 0.291. The van der Waals surface area contributed by atoms with Crippen LogP contribution in [0.15, 0.2) is 0 Å². The zero-order valence-corrected chi connectivity index (χ0v) is 10.3. The van der Waals surface area contributed by atoms with Crippen LogP contribution in [0.5, 0.6) is 0 Å². The number of aliphatic hydroxyl groups excluding tert-OH is 1. The smallest absolute Gasteiger partial charge is 0.216 e. The number of nitrogens with one attached hydrogen (secondary N) is 1. The summed E-state index contributed by atoms with van der Waals surface area (Å²) in [5, 5.41) is 8.12. The van der Waals surface area contributed by atoms with Crippen molar-refractivity contribution in [2.75, 3.05) is 6.61 Å². The SMILES string of the molecule is CC1CCCC(NS(=O)(=O)C(C)CO)C1. The largest absolute Gasteiger partial charge is 0.395 e. The van der Waals surface area contributed by atoms with Gasteiger partial charge in [-0.05, 0) is 25.7 Å². The maximum atomic E-state index is 11.7. The molecule has 0 aromatic heterocycles. The molecule has 1 aliphatic carbocycles. The third kappa shape index (κ3) is 3.74. The molecule has 0 bridgehead atoms. The molecule has 15 heavy (non-hydrogen) atoms. The molecule has 1 rings (SSSR count). The van der Waals surface area contributed by atoms with E-state index in [0.717, 1.165) is 19.3 Å². The molecule has 3 unspecified atom stereocenters. The molecule has 0 spiro atoms. The summed E-state index contributed by atoms with van der Waals surface area (Å²) < 4.78 is 26.0. The zero-order valence-electron chi connectivity index (χ0n) is 9.44. The van der Waals surface area contributed by atoms with E-state index in [2.05, 4.69) is 11.6 Å². The van der Waals surface area contributed by atoms with Gasteiger partial charge in [0.1, 0.15) is 0 Å². The van der Waals surface area contributed by atoms with E-state index >= 15 is 0 Å². The van der Waals surface area contributed by atoms with Gasteiger partial charge in [-0.25, -0.2) is 13.1 Å². The molecule has 0 aliphatic heterocycles. The van der Waals surface area contributed by atoms with Crippen LogP contribution in [0.25, 0.3) is 0 Å². The van der Waals surface area contributed by atoms with E-state index in [9.17, 15) is 8.42 Å². The number of hydrogen-bond donors (Lipinski definition) is 2. The molecule has 3 atom stereocenters. The third-order valence-electron chi connectivity index (χ3n) is 3.05. The van der Waals surface area contributed by atoms with E-state index < -0.39 is 15.3 Å². The first-order chi connectivity index (χ1) is 6.95. The van der Waals surface area contributed by atoms with Crippen LogP contribution in [0.2, 0.25) is 0 Å². The first-order valence-corrected chi connectivity index (χ1v) is 7.12. The maximum Gasteiger partial charge on any atom is 0.216 e. The van der Waals surface area contributed by atoms with Gasteiger partial charge in [-0.1, -0.05) is 19.8 Å². The van der Waals surface area contributed by atoms with E-state index in [1.54, 1.807) is 0 Å². The van der Waals surface area contributed by atoms with Gasteiger partial charge in [-0.2, -0.15) is 0 Å². The highest BCUT2D eigenvalue weighted by Crippen LogP contribution is 2.24. The first kappa shape index (κ1) is 12.9. The predicted molar refractivity (Wildman–Crippen MR) is 60.0 cm³/mol. The average molecular weight is 235 g/mol. The summed E-state index contributed by atoms with van der Waals surface area (Å²) in [7, 11) is -3.33. The van der Waals surface area contributed by atoms with Crippen LogP contribution in [-0.4, -0.2) is 31.4 Å². The monoisotopic (exact) mass is 235 g/mol. The van der Waals surface area contributed by atoms with Crippen LogP contribution in [0.3, 0.4) is 0 Å². The second-order valence-electron chi connectivity index (χ2n) is 4.62. The number of hydrogen-bond acceptors (Lipinski definition) is 3. The van der Waals surface area contributed by atoms with Crippen molar-refractivity contribution >= 4 is 10.0 Å². The van der Waals surface area contributed by atoms with E-state index in [1.807, 2.05) is 0 Å². The highest BCUT2D eigenvalue weighted by atomic mass is 32.2. The first-order valence-electron chi connectivity index (χ1n) is 5.57. The average Bonchev–Trinajstić information content (AvgIpc) is 2.15. The summed E-state index contributed by atoms with van der Waals surface area (Å²) in [5.74, 6) is 0.593. The normalized spacial score (nSPS) is 30.1. The van der Waals surface area contributed by atoms with Crippen molar-refractivity contribution in [1.82, 2.24) is 4.72 Å². The topological polar surface area (TPSA) is 66.4 Å². The Hall–Kier alpha value is -0.130.